The lowest BCUT2D eigenvalue weighted by Gasteiger charge is -2.37. The summed E-state index contributed by atoms with van der Waals surface area (Å²) < 4.78 is 25.8. The van der Waals surface area contributed by atoms with Crippen molar-refractivity contribution in [2.24, 2.45) is 5.92 Å². The molecule has 22 heavy (non-hydrogen) atoms. The van der Waals surface area contributed by atoms with E-state index >= 15 is 0 Å². The smallest absolute Gasteiger partial charge is 0.166 e. The van der Waals surface area contributed by atoms with Crippen molar-refractivity contribution in [3.05, 3.63) is 35.1 Å². The maximum absolute atomic E-state index is 13.5. The molecule has 0 radical (unpaired) electrons. The van der Waals surface area contributed by atoms with Crippen molar-refractivity contribution in [3.63, 3.8) is 0 Å². The lowest BCUT2D eigenvalue weighted by molar-refractivity contribution is 0.0894. The zero-order chi connectivity index (χ0) is 15.7. The van der Waals surface area contributed by atoms with Gasteiger partial charge in [0.2, 0.25) is 0 Å². The highest BCUT2D eigenvalue weighted by Crippen LogP contribution is 2.38. The molecule has 0 N–H and O–H groups in total. The van der Waals surface area contributed by atoms with Crippen LogP contribution in [0.15, 0.2) is 18.2 Å². The lowest BCUT2D eigenvalue weighted by Crippen LogP contribution is -2.41. The maximum atomic E-state index is 13.5. The minimum absolute atomic E-state index is 0.0849. The fourth-order valence-corrected chi connectivity index (χ4v) is 5.87. The number of nitrogens with zero attached hydrogens (tertiary/aromatic N) is 1. The molecule has 2 aliphatic heterocycles. The molecule has 2 fully saturated rings. The number of nitriles is 1. The number of halogens is 1. The highest BCUT2D eigenvalue weighted by atomic mass is 32.2. The van der Waals surface area contributed by atoms with Gasteiger partial charge in [-0.15, -0.1) is 0 Å². The molecule has 5 heteroatoms. The van der Waals surface area contributed by atoms with Gasteiger partial charge < -0.3 is 0 Å². The van der Waals surface area contributed by atoms with Crippen LogP contribution in [0.2, 0.25) is 0 Å². The number of Topliss-reactive ketones (excluding diaryl/α,β-unsaturated/α-hetero) is 1. The molecule has 2 saturated heterocycles. The van der Waals surface area contributed by atoms with E-state index in [-0.39, 0.29) is 28.6 Å². The molecule has 116 valence electrons. The van der Waals surface area contributed by atoms with Gasteiger partial charge in [-0.25, -0.2) is 4.39 Å². The van der Waals surface area contributed by atoms with Crippen LogP contribution < -0.4 is 0 Å². The van der Waals surface area contributed by atoms with Crippen LogP contribution in [0.1, 0.15) is 48.0 Å². The Labute approximate surface area is 132 Å². The summed E-state index contributed by atoms with van der Waals surface area (Å²) in [5.41, 5.74) is 0.920. The van der Waals surface area contributed by atoms with Gasteiger partial charge >= 0.3 is 0 Å². The maximum Gasteiger partial charge on any atom is 0.166 e. The first-order valence-electron chi connectivity index (χ1n) is 7.69. The third-order valence-corrected chi connectivity index (χ3v) is 6.95. The van der Waals surface area contributed by atoms with Gasteiger partial charge in [0.1, 0.15) is 5.82 Å². The SMILES string of the molecule is N#CCc1ccc(F)cc1C(=O)C1CC2CCCC(C1)S2=O. The normalized spacial score (nSPS) is 30.5. The summed E-state index contributed by atoms with van der Waals surface area (Å²) in [6, 6.07) is 6.08. The van der Waals surface area contributed by atoms with Crippen molar-refractivity contribution in [2.45, 2.75) is 49.0 Å². The number of carbonyl (C=O) groups is 1. The van der Waals surface area contributed by atoms with E-state index in [1.807, 2.05) is 6.07 Å². The van der Waals surface area contributed by atoms with Crippen molar-refractivity contribution in [1.29, 1.82) is 5.26 Å². The Hall–Kier alpha value is -1.54. The second kappa shape index (κ2) is 6.29. The third kappa shape index (κ3) is 2.85. The standard InChI is InChI=1S/C17H18FNO2S/c18-13-5-4-11(6-7-19)16(10-13)17(20)12-8-14-2-1-3-15(9-12)22(14)21/h4-5,10,12,14-15H,1-3,6,8-9H2. The average Bonchev–Trinajstić information content (AvgIpc) is 2.48. The molecule has 0 saturated carbocycles. The molecule has 0 aromatic heterocycles. The molecular weight excluding hydrogens is 301 g/mol. The largest absolute Gasteiger partial charge is 0.294 e. The molecule has 0 aliphatic carbocycles. The fourth-order valence-electron chi connectivity index (χ4n) is 3.69. The van der Waals surface area contributed by atoms with Gasteiger partial charge in [-0.05, 0) is 43.4 Å². The average molecular weight is 319 g/mol. The number of fused-ring (bicyclic) bond motifs is 2. The van der Waals surface area contributed by atoms with E-state index in [2.05, 4.69) is 0 Å². The first-order valence-corrected chi connectivity index (χ1v) is 8.96. The lowest BCUT2D eigenvalue weighted by atomic mass is 9.83. The van der Waals surface area contributed by atoms with E-state index in [1.165, 1.54) is 18.2 Å². The molecule has 2 heterocycles. The van der Waals surface area contributed by atoms with Crippen molar-refractivity contribution in [1.82, 2.24) is 0 Å². The van der Waals surface area contributed by atoms with Gasteiger partial charge in [-0.2, -0.15) is 5.26 Å². The molecule has 3 nitrogen and oxygen atoms in total. The Morgan fingerprint density at radius 1 is 1.32 bits per heavy atom. The first-order chi connectivity index (χ1) is 10.6. The van der Waals surface area contributed by atoms with Crippen LogP contribution in [0.3, 0.4) is 0 Å². The zero-order valence-electron chi connectivity index (χ0n) is 12.3. The summed E-state index contributed by atoms with van der Waals surface area (Å²) in [7, 11) is -0.821. The molecule has 2 unspecified atom stereocenters. The van der Waals surface area contributed by atoms with Crippen molar-refractivity contribution in [3.8, 4) is 6.07 Å². The number of carbonyl (C=O) groups excluding carboxylic acids is 1. The molecule has 1 aromatic carbocycles. The van der Waals surface area contributed by atoms with Gasteiger partial charge in [0.15, 0.2) is 5.78 Å². The predicted octanol–water partition coefficient (Wildman–Crippen LogP) is 3.15. The number of rotatable bonds is 3. The highest BCUT2D eigenvalue weighted by Gasteiger charge is 2.40. The van der Waals surface area contributed by atoms with E-state index in [0.29, 0.717) is 24.0 Å². The number of hydrogen-bond acceptors (Lipinski definition) is 3. The highest BCUT2D eigenvalue weighted by molar-refractivity contribution is 7.86. The Kier molecular flexibility index (Phi) is 4.39. The van der Waals surface area contributed by atoms with E-state index in [9.17, 15) is 13.4 Å². The summed E-state index contributed by atoms with van der Waals surface area (Å²) in [5.74, 6) is -0.727. The molecule has 2 aliphatic rings. The van der Waals surface area contributed by atoms with Gasteiger partial charge in [-0.3, -0.25) is 9.00 Å². The summed E-state index contributed by atoms with van der Waals surface area (Å²) in [5, 5.41) is 9.09. The minimum Gasteiger partial charge on any atom is -0.294 e. The monoisotopic (exact) mass is 319 g/mol. The Morgan fingerprint density at radius 2 is 2.00 bits per heavy atom. The van der Waals surface area contributed by atoms with Crippen LogP contribution in [0, 0.1) is 23.1 Å². The Morgan fingerprint density at radius 3 is 2.64 bits per heavy atom. The summed E-state index contributed by atoms with van der Waals surface area (Å²) >= 11 is 0. The van der Waals surface area contributed by atoms with E-state index in [0.717, 1.165) is 19.3 Å². The Bertz CT molecular complexity index is 651. The number of benzene rings is 1. The topological polar surface area (TPSA) is 57.9 Å². The van der Waals surface area contributed by atoms with Gasteiger partial charge in [0, 0.05) is 32.8 Å². The minimum atomic E-state index is -0.821. The molecule has 0 amide bonds. The second-order valence-corrected chi connectivity index (χ2v) is 8.16. The fraction of sp³-hybridized carbons (Fsp3) is 0.529. The molecule has 2 atom stereocenters. The zero-order valence-corrected chi connectivity index (χ0v) is 13.1. The third-order valence-electron chi connectivity index (χ3n) is 4.78. The molecule has 2 bridgehead atoms. The van der Waals surface area contributed by atoms with Gasteiger partial charge in [-0.1, -0.05) is 12.5 Å². The quantitative estimate of drug-likeness (QED) is 0.804. The van der Waals surface area contributed by atoms with Crippen LogP contribution >= 0.6 is 0 Å². The first kappa shape index (κ1) is 15.4. The van der Waals surface area contributed by atoms with Crippen LogP contribution in [-0.2, 0) is 17.2 Å². The summed E-state index contributed by atoms with van der Waals surface area (Å²) in [6.45, 7) is 0. The van der Waals surface area contributed by atoms with E-state index < -0.39 is 16.6 Å². The van der Waals surface area contributed by atoms with Crippen molar-refractivity contribution in [2.75, 3.05) is 0 Å². The van der Waals surface area contributed by atoms with E-state index in [1.54, 1.807) is 0 Å². The Balaban J connectivity index is 1.87. The van der Waals surface area contributed by atoms with E-state index in [4.69, 9.17) is 5.26 Å². The van der Waals surface area contributed by atoms with Crippen LogP contribution in [0.5, 0.6) is 0 Å². The molecule has 1 aromatic rings. The van der Waals surface area contributed by atoms with Crippen molar-refractivity contribution < 1.29 is 13.4 Å². The number of hydrogen-bond donors (Lipinski definition) is 0. The summed E-state index contributed by atoms with van der Waals surface area (Å²) in [6.07, 6.45) is 4.28. The van der Waals surface area contributed by atoms with Crippen molar-refractivity contribution >= 4 is 16.6 Å². The molecule has 0 spiro atoms. The van der Waals surface area contributed by atoms with Gasteiger partial charge in [0.05, 0.1) is 12.5 Å². The summed E-state index contributed by atoms with van der Waals surface area (Å²) in [4.78, 5) is 12.8. The van der Waals surface area contributed by atoms with Crippen LogP contribution in [-0.4, -0.2) is 20.5 Å². The second-order valence-electron chi connectivity index (χ2n) is 6.17. The molecular formula is C17H18FNO2S. The molecule has 3 rings (SSSR count). The van der Waals surface area contributed by atoms with Gasteiger partial charge in [0.25, 0.3) is 0 Å². The van der Waals surface area contributed by atoms with Crippen LogP contribution in [0.4, 0.5) is 4.39 Å². The van der Waals surface area contributed by atoms with Crippen LogP contribution in [0.25, 0.3) is 0 Å². The predicted molar refractivity (Wildman–Crippen MR) is 82.3 cm³/mol. The number of ketones is 1.